The number of rotatable bonds is 2. The second-order valence-corrected chi connectivity index (χ2v) is 6.37. The molecule has 0 bridgehead atoms. The predicted octanol–water partition coefficient (Wildman–Crippen LogP) is 3.02. The lowest BCUT2D eigenvalue weighted by atomic mass is 9.67. The molecule has 2 rings (SSSR count). The Bertz CT molecular complexity index is 233. The molecule has 1 heterocycles. The molecule has 1 aliphatic heterocycles. The monoisotopic (exact) mass is 238 g/mol. The molecule has 0 spiro atoms. The first-order chi connectivity index (χ1) is 8.20. The summed E-state index contributed by atoms with van der Waals surface area (Å²) in [5, 5.41) is 0. The van der Waals surface area contributed by atoms with Gasteiger partial charge in [-0.3, -0.25) is 4.90 Å². The number of hydrogen-bond acceptors (Lipinski definition) is 2. The minimum Gasteiger partial charge on any atom is -0.329 e. The first-order valence-corrected chi connectivity index (χ1v) is 7.66. The molecule has 0 radical (unpaired) electrons. The summed E-state index contributed by atoms with van der Waals surface area (Å²) in [6.45, 7) is 8.30. The van der Waals surface area contributed by atoms with Crippen LogP contribution in [-0.4, -0.2) is 30.1 Å². The van der Waals surface area contributed by atoms with Crippen LogP contribution in [0.5, 0.6) is 0 Å². The van der Waals surface area contributed by atoms with Crippen molar-refractivity contribution >= 4 is 0 Å². The van der Waals surface area contributed by atoms with Crippen LogP contribution in [0, 0.1) is 11.8 Å². The molecule has 1 saturated heterocycles. The highest BCUT2D eigenvalue weighted by Crippen LogP contribution is 2.41. The molecule has 2 heteroatoms. The number of hydrogen-bond donors (Lipinski definition) is 1. The van der Waals surface area contributed by atoms with E-state index in [2.05, 4.69) is 18.7 Å². The van der Waals surface area contributed by atoms with Gasteiger partial charge in [-0.2, -0.15) is 0 Å². The lowest BCUT2D eigenvalue weighted by Gasteiger charge is -2.52. The van der Waals surface area contributed by atoms with Crippen molar-refractivity contribution in [1.29, 1.82) is 0 Å². The molecular formula is C15H30N2. The Labute approximate surface area is 107 Å². The molecule has 0 aromatic rings. The van der Waals surface area contributed by atoms with Gasteiger partial charge < -0.3 is 5.73 Å². The highest BCUT2D eigenvalue weighted by Gasteiger charge is 2.44. The summed E-state index contributed by atoms with van der Waals surface area (Å²) < 4.78 is 0. The largest absolute Gasteiger partial charge is 0.329 e. The molecular weight excluding hydrogens is 208 g/mol. The average Bonchev–Trinajstić information content (AvgIpc) is 2.62. The van der Waals surface area contributed by atoms with E-state index in [4.69, 9.17) is 5.73 Å². The van der Waals surface area contributed by atoms with Crippen LogP contribution in [0.15, 0.2) is 0 Å². The van der Waals surface area contributed by atoms with Crippen LogP contribution < -0.4 is 5.73 Å². The van der Waals surface area contributed by atoms with Gasteiger partial charge in [0.05, 0.1) is 0 Å². The fraction of sp³-hybridized carbons (Fsp3) is 1.00. The van der Waals surface area contributed by atoms with Gasteiger partial charge in [0.25, 0.3) is 0 Å². The minimum atomic E-state index is 0.321. The summed E-state index contributed by atoms with van der Waals surface area (Å²) in [5.74, 6) is 1.61. The van der Waals surface area contributed by atoms with E-state index in [9.17, 15) is 0 Å². The van der Waals surface area contributed by atoms with Gasteiger partial charge in [0.1, 0.15) is 0 Å². The third-order valence-corrected chi connectivity index (χ3v) is 5.56. The SMILES string of the molecule is CC1CCCC(CN)(N2CCCCCC2)C1C. The van der Waals surface area contributed by atoms with Gasteiger partial charge in [-0.15, -0.1) is 0 Å². The van der Waals surface area contributed by atoms with E-state index in [-0.39, 0.29) is 0 Å². The van der Waals surface area contributed by atoms with Crippen molar-refractivity contribution in [3.8, 4) is 0 Å². The van der Waals surface area contributed by atoms with Crippen LogP contribution in [0.3, 0.4) is 0 Å². The van der Waals surface area contributed by atoms with Crippen molar-refractivity contribution in [2.24, 2.45) is 17.6 Å². The predicted molar refractivity (Wildman–Crippen MR) is 74.0 cm³/mol. The maximum atomic E-state index is 6.23. The number of nitrogens with zero attached hydrogens (tertiary/aromatic N) is 1. The molecule has 2 aliphatic rings. The van der Waals surface area contributed by atoms with Crippen LogP contribution in [0.2, 0.25) is 0 Å². The highest BCUT2D eigenvalue weighted by atomic mass is 15.2. The van der Waals surface area contributed by atoms with Gasteiger partial charge in [0.2, 0.25) is 0 Å². The Kier molecular flexibility index (Phi) is 4.48. The second kappa shape index (κ2) is 5.71. The maximum absolute atomic E-state index is 6.23. The fourth-order valence-corrected chi connectivity index (χ4v) is 4.12. The van der Waals surface area contributed by atoms with E-state index in [0.717, 1.165) is 18.4 Å². The first-order valence-electron chi connectivity index (χ1n) is 7.66. The molecule has 100 valence electrons. The summed E-state index contributed by atoms with van der Waals surface area (Å²) in [7, 11) is 0. The number of likely N-dealkylation sites (tertiary alicyclic amines) is 1. The van der Waals surface area contributed by atoms with Gasteiger partial charge in [0.15, 0.2) is 0 Å². The zero-order valence-corrected chi connectivity index (χ0v) is 11.8. The molecule has 17 heavy (non-hydrogen) atoms. The first kappa shape index (κ1) is 13.4. The molecule has 0 amide bonds. The van der Waals surface area contributed by atoms with Crippen molar-refractivity contribution in [3.05, 3.63) is 0 Å². The topological polar surface area (TPSA) is 29.3 Å². The standard InChI is InChI=1S/C15H30N2/c1-13-8-7-9-15(12-16,14(13)2)17-10-5-3-4-6-11-17/h13-14H,3-12,16H2,1-2H3. The lowest BCUT2D eigenvalue weighted by molar-refractivity contribution is -0.00878. The van der Waals surface area contributed by atoms with E-state index < -0.39 is 0 Å². The van der Waals surface area contributed by atoms with Crippen molar-refractivity contribution in [3.63, 3.8) is 0 Å². The smallest absolute Gasteiger partial charge is 0.0359 e. The molecule has 1 aliphatic carbocycles. The zero-order valence-electron chi connectivity index (χ0n) is 11.8. The molecule has 0 aromatic heterocycles. The van der Waals surface area contributed by atoms with E-state index in [0.29, 0.717) is 5.54 Å². The number of nitrogens with two attached hydrogens (primary N) is 1. The second-order valence-electron chi connectivity index (χ2n) is 6.37. The van der Waals surface area contributed by atoms with Crippen molar-refractivity contribution in [2.75, 3.05) is 19.6 Å². The van der Waals surface area contributed by atoms with Crippen LogP contribution in [0.4, 0.5) is 0 Å². The fourth-order valence-electron chi connectivity index (χ4n) is 4.12. The summed E-state index contributed by atoms with van der Waals surface area (Å²) >= 11 is 0. The summed E-state index contributed by atoms with van der Waals surface area (Å²) in [4.78, 5) is 2.76. The molecule has 2 fully saturated rings. The lowest BCUT2D eigenvalue weighted by Crippen LogP contribution is -2.61. The Morgan fingerprint density at radius 2 is 1.71 bits per heavy atom. The van der Waals surface area contributed by atoms with E-state index in [1.165, 1.54) is 58.0 Å². The zero-order chi connectivity index (χ0) is 12.3. The summed E-state index contributed by atoms with van der Waals surface area (Å²) in [5.41, 5.74) is 6.55. The molecule has 1 saturated carbocycles. The third-order valence-electron chi connectivity index (χ3n) is 5.56. The van der Waals surface area contributed by atoms with E-state index in [1.807, 2.05) is 0 Å². The minimum absolute atomic E-state index is 0.321. The van der Waals surface area contributed by atoms with Crippen molar-refractivity contribution in [1.82, 2.24) is 4.90 Å². The van der Waals surface area contributed by atoms with Crippen LogP contribution in [0.25, 0.3) is 0 Å². The van der Waals surface area contributed by atoms with E-state index >= 15 is 0 Å². The van der Waals surface area contributed by atoms with Gasteiger partial charge in [0, 0.05) is 12.1 Å². The quantitative estimate of drug-likeness (QED) is 0.801. The summed E-state index contributed by atoms with van der Waals surface area (Å²) in [6, 6.07) is 0. The third kappa shape index (κ3) is 2.53. The normalized spacial score (nSPS) is 41.1. The van der Waals surface area contributed by atoms with Crippen molar-refractivity contribution in [2.45, 2.75) is 64.3 Å². The Balaban J connectivity index is 2.15. The molecule has 2 nitrogen and oxygen atoms in total. The Morgan fingerprint density at radius 3 is 2.29 bits per heavy atom. The van der Waals surface area contributed by atoms with Crippen LogP contribution in [-0.2, 0) is 0 Å². The Hall–Kier alpha value is -0.0800. The highest BCUT2D eigenvalue weighted by molar-refractivity contribution is 5.00. The van der Waals surface area contributed by atoms with Crippen molar-refractivity contribution < 1.29 is 0 Å². The van der Waals surface area contributed by atoms with Gasteiger partial charge in [-0.05, 0) is 44.2 Å². The Morgan fingerprint density at radius 1 is 1.06 bits per heavy atom. The van der Waals surface area contributed by atoms with Gasteiger partial charge in [-0.1, -0.05) is 39.5 Å². The molecule has 3 unspecified atom stereocenters. The molecule has 2 N–H and O–H groups in total. The molecule has 3 atom stereocenters. The maximum Gasteiger partial charge on any atom is 0.0359 e. The van der Waals surface area contributed by atoms with E-state index in [1.54, 1.807) is 0 Å². The van der Waals surface area contributed by atoms with Crippen LogP contribution >= 0.6 is 0 Å². The molecule has 0 aromatic carbocycles. The van der Waals surface area contributed by atoms with Gasteiger partial charge in [-0.25, -0.2) is 0 Å². The van der Waals surface area contributed by atoms with Gasteiger partial charge >= 0.3 is 0 Å². The summed E-state index contributed by atoms with van der Waals surface area (Å²) in [6.07, 6.45) is 9.69. The average molecular weight is 238 g/mol. The van der Waals surface area contributed by atoms with Crippen LogP contribution in [0.1, 0.15) is 58.8 Å².